The molecule has 140 valence electrons. The Morgan fingerprint density at radius 2 is 2.30 bits per heavy atom. The largest absolute Gasteiger partial charge is 0.348 e. The Kier molecular flexibility index (Phi) is 4.85. The van der Waals surface area contributed by atoms with Crippen molar-refractivity contribution in [3.63, 3.8) is 0 Å². The highest BCUT2D eigenvalue weighted by atomic mass is 19.1. The van der Waals surface area contributed by atoms with E-state index < -0.39 is 0 Å². The number of pyridine rings is 1. The van der Waals surface area contributed by atoms with Crippen LogP contribution in [0.25, 0.3) is 22.2 Å². The molecule has 3 heterocycles. The monoisotopic (exact) mass is 367 g/mol. The number of aromatic amines is 1. The Balaban J connectivity index is 1.70. The van der Waals surface area contributed by atoms with Crippen molar-refractivity contribution in [2.75, 3.05) is 19.6 Å². The molecule has 0 aliphatic carbocycles. The number of benzene rings is 1. The van der Waals surface area contributed by atoms with Gasteiger partial charge in [0.25, 0.3) is 5.91 Å². The molecule has 4 rings (SSSR count). The van der Waals surface area contributed by atoms with Gasteiger partial charge in [-0.05, 0) is 44.1 Å². The summed E-state index contributed by atoms with van der Waals surface area (Å²) in [6.45, 7) is 5.04. The van der Waals surface area contributed by atoms with Crippen molar-refractivity contribution < 1.29 is 9.18 Å². The van der Waals surface area contributed by atoms with Crippen LogP contribution in [0.4, 0.5) is 4.39 Å². The van der Waals surface area contributed by atoms with Gasteiger partial charge >= 0.3 is 0 Å². The van der Waals surface area contributed by atoms with Crippen molar-refractivity contribution in [2.45, 2.75) is 25.8 Å². The number of nitrogens with one attached hydrogen (secondary N) is 2. The van der Waals surface area contributed by atoms with Crippen LogP contribution in [-0.4, -0.2) is 51.7 Å². The van der Waals surface area contributed by atoms with Crippen LogP contribution in [0.15, 0.2) is 36.7 Å². The average molecular weight is 367 g/mol. The number of likely N-dealkylation sites (tertiary alicyclic amines) is 1. The summed E-state index contributed by atoms with van der Waals surface area (Å²) in [6, 6.07) is 6.20. The molecule has 1 fully saturated rings. The molecule has 6 nitrogen and oxygen atoms in total. The minimum Gasteiger partial charge on any atom is -0.348 e. The van der Waals surface area contributed by atoms with E-state index in [-0.39, 0.29) is 17.8 Å². The molecule has 2 N–H and O–H groups in total. The van der Waals surface area contributed by atoms with Crippen molar-refractivity contribution in [3.8, 4) is 11.3 Å². The summed E-state index contributed by atoms with van der Waals surface area (Å²) in [6.07, 6.45) is 5.38. The highest BCUT2D eigenvalue weighted by Crippen LogP contribution is 2.25. The summed E-state index contributed by atoms with van der Waals surface area (Å²) in [5.41, 5.74) is 2.30. The number of carbonyl (C=O) groups excluding carboxylic acids is 1. The zero-order valence-corrected chi connectivity index (χ0v) is 15.2. The van der Waals surface area contributed by atoms with Crippen LogP contribution in [0.3, 0.4) is 0 Å². The van der Waals surface area contributed by atoms with Gasteiger partial charge in [-0.15, -0.1) is 0 Å². The quantitative estimate of drug-likeness (QED) is 0.743. The first-order valence-electron chi connectivity index (χ1n) is 9.26. The Labute approximate surface area is 156 Å². The predicted molar refractivity (Wildman–Crippen MR) is 102 cm³/mol. The van der Waals surface area contributed by atoms with Crippen molar-refractivity contribution in [2.24, 2.45) is 0 Å². The third kappa shape index (κ3) is 3.68. The topological polar surface area (TPSA) is 73.9 Å². The van der Waals surface area contributed by atoms with Crippen molar-refractivity contribution in [3.05, 3.63) is 48.0 Å². The van der Waals surface area contributed by atoms with Crippen molar-refractivity contribution in [1.82, 2.24) is 25.4 Å². The van der Waals surface area contributed by atoms with Gasteiger partial charge in [-0.3, -0.25) is 9.89 Å². The molecular weight excluding hydrogens is 345 g/mol. The van der Waals surface area contributed by atoms with E-state index in [4.69, 9.17) is 0 Å². The number of likely N-dealkylation sites (N-methyl/N-ethyl adjacent to an activating group) is 1. The molecule has 7 heteroatoms. The van der Waals surface area contributed by atoms with Gasteiger partial charge < -0.3 is 10.2 Å². The summed E-state index contributed by atoms with van der Waals surface area (Å²) >= 11 is 0. The number of piperidine rings is 1. The number of hydrogen-bond acceptors (Lipinski definition) is 4. The predicted octanol–water partition coefficient (Wildman–Crippen LogP) is 2.98. The van der Waals surface area contributed by atoms with E-state index in [0.29, 0.717) is 22.2 Å². The molecule has 0 bridgehead atoms. The second kappa shape index (κ2) is 7.44. The summed E-state index contributed by atoms with van der Waals surface area (Å²) in [4.78, 5) is 19.9. The van der Waals surface area contributed by atoms with E-state index >= 15 is 0 Å². The Morgan fingerprint density at radius 1 is 1.41 bits per heavy atom. The normalized spacial score (nSPS) is 17.9. The summed E-state index contributed by atoms with van der Waals surface area (Å²) in [7, 11) is 0. The molecule has 0 radical (unpaired) electrons. The summed E-state index contributed by atoms with van der Waals surface area (Å²) in [5.74, 6) is -0.529. The van der Waals surface area contributed by atoms with Gasteiger partial charge in [-0.2, -0.15) is 5.10 Å². The Hall–Kier alpha value is -2.80. The number of nitrogens with zero attached hydrogens (tertiary/aromatic N) is 3. The molecule has 27 heavy (non-hydrogen) atoms. The minimum absolute atomic E-state index is 0.118. The van der Waals surface area contributed by atoms with Gasteiger partial charge in [0.15, 0.2) is 0 Å². The van der Waals surface area contributed by atoms with Crippen LogP contribution in [0, 0.1) is 5.82 Å². The number of fused-ring (bicyclic) bond motifs is 1. The molecule has 1 aliphatic rings. The van der Waals surface area contributed by atoms with Gasteiger partial charge in [0.2, 0.25) is 0 Å². The van der Waals surface area contributed by atoms with Crippen LogP contribution in [0.1, 0.15) is 30.1 Å². The fraction of sp³-hybridized carbons (Fsp3) is 0.350. The van der Waals surface area contributed by atoms with E-state index in [1.807, 2.05) is 0 Å². The second-order valence-corrected chi connectivity index (χ2v) is 6.91. The zero-order chi connectivity index (χ0) is 18.8. The molecule has 0 saturated carbocycles. The lowest BCUT2D eigenvalue weighted by atomic mass is 10.0. The van der Waals surface area contributed by atoms with Gasteiger partial charge in [0, 0.05) is 35.8 Å². The first kappa shape index (κ1) is 17.6. The second-order valence-electron chi connectivity index (χ2n) is 6.91. The number of H-pyrrole nitrogens is 1. The molecular formula is C20H22FN5O. The van der Waals surface area contributed by atoms with Gasteiger partial charge in [-0.1, -0.05) is 6.92 Å². The highest BCUT2D eigenvalue weighted by Gasteiger charge is 2.22. The standard InChI is InChI=1S/C20H22FN5O/c1-2-26-7-3-4-15(12-26)24-20(27)17-9-18(13-10-22-23-11-13)25-19-8-14(21)5-6-16(17)19/h5-6,8-11,15H,2-4,7,12H2,1H3,(H,22,23)(H,24,27)/t15-/m1/s1. The SMILES string of the molecule is CCN1CCC[C@@H](NC(=O)c2cc(-c3cn[nH]c3)nc3cc(F)ccc23)C1. The first-order valence-corrected chi connectivity index (χ1v) is 9.26. The van der Waals surface area contributed by atoms with E-state index in [9.17, 15) is 9.18 Å². The third-order valence-electron chi connectivity index (χ3n) is 5.10. The van der Waals surface area contributed by atoms with Crippen LogP contribution in [0.2, 0.25) is 0 Å². The maximum atomic E-state index is 13.7. The highest BCUT2D eigenvalue weighted by molar-refractivity contribution is 6.07. The van der Waals surface area contributed by atoms with Crippen LogP contribution in [0.5, 0.6) is 0 Å². The van der Waals surface area contributed by atoms with E-state index in [2.05, 4.69) is 32.3 Å². The van der Waals surface area contributed by atoms with Crippen LogP contribution < -0.4 is 5.32 Å². The fourth-order valence-corrected chi connectivity index (χ4v) is 3.65. The Morgan fingerprint density at radius 3 is 3.07 bits per heavy atom. The molecule has 3 aromatic rings. The van der Waals surface area contributed by atoms with E-state index in [0.717, 1.165) is 38.0 Å². The van der Waals surface area contributed by atoms with Crippen molar-refractivity contribution in [1.29, 1.82) is 0 Å². The van der Waals surface area contributed by atoms with Gasteiger partial charge in [-0.25, -0.2) is 9.37 Å². The molecule has 0 spiro atoms. The Bertz CT molecular complexity index is 956. The smallest absolute Gasteiger partial charge is 0.252 e. The average Bonchev–Trinajstić information content (AvgIpc) is 3.21. The van der Waals surface area contributed by atoms with Gasteiger partial charge in [0.05, 0.1) is 23.0 Å². The maximum absolute atomic E-state index is 13.7. The van der Waals surface area contributed by atoms with Crippen LogP contribution >= 0.6 is 0 Å². The maximum Gasteiger partial charge on any atom is 0.252 e. The lowest BCUT2D eigenvalue weighted by molar-refractivity contribution is 0.0907. The number of hydrogen-bond donors (Lipinski definition) is 2. The summed E-state index contributed by atoms with van der Waals surface area (Å²) in [5, 5.41) is 10.5. The zero-order valence-electron chi connectivity index (χ0n) is 15.2. The number of halogens is 1. The molecule has 1 aliphatic heterocycles. The number of amides is 1. The number of rotatable bonds is 4. The van der Waals surface area contributed by atoms with Gasteiger partial charge in [0.1, 0.15) is 5.82 Å². The molecule has 2 aromatic heterocycles. The molecule has 1 atom stereocenters. The summed E-state index contributed by atoms with van der Waals surface area (Å²) < 4.78 is 13.7. The van der Waals surface area contributed by atoms with Crippen LogP contribution in [-0.2, 0) is 0 Å². The fourth-order valence-electron chi connectivity index (χ4n) is 3.65. The third-order valence-corrected chi connectivity index (χ3v) is 5.10. The first-order chi connectivity index (χ1) is 13.1. The molecule has 1 aromatic carbocycles. The van der Waals surface area contributed by atoms with E-state index in [1.165, 1.54) is 12.1 Å². The van der Waals surface area contributed by atoms with Crippen molar-refractivity contribution >= 4 is 16.8 Å². The number of aromatic nitrogens is 3. The lowest BCUT2D eigenvalue weighted by Gasteiger charge is -2.32. The number of carbonyl (C=O) groups is 1. The minimum atomic E-state index is -0.378. The molecule has 0 unspecified atom stereocenters. The van der Waals surface area contributed by atoms with E-state index in [1.54, 1.807) is 24.5 Å². The molecule has 1 saturated heterocycles. The lowest BCUT2D eigenvalue weighted by Crippen LogP contribution is -2.47. The molecule has 1 amide bonds.